The predicted octanol–water partition coefficient (Wildman–Crippen LogP) is 2.38. The van der Waals surface area contributed by atoms with Gasteiger partial charge in [0.2, 0.25) is 0 Å². The SMILES string of the molecule is CCOC(=O)N(C)CC(C)(C)NC(=O)OC(C)(C)C. The quantitative estimate of drug-likeness (QED) is 0.854. The Labute approximate surface area is 115 Å². The number of carbonyl (C=O) groups excluding carboxylic acids is 2. The highest BCUT2D eigenvalue weighted by atomic mass is 16.6. The highest BCUT2D eigenvalue weighted by molar-refractivity contribution is 5.69. The van der Waals surface area contributed by atoms with Gasteiger partial charge in [-0.1, -0.05) is 0 Å². The smallest absolute Gasteiger partial charge is 0.409 e. The van der Waals surface area contributed by atoms with E-state index >= 15 is 0 Å². The van der Waals surface area contributed by atoms with Gasteiger partial charge in [0.15, 0.2) is 0 Å². The molecule has 0 aromatic heterocycles. The van der Waals surface area contributed by atoms with Crippen molar-refractivity contribution < 1.29 is 19.1 Å². The van der Waals surface area contributed by atoms with Crippen molar-refractivity contribution in [2.45, 2.75) is 52.7 Å². The fraction of sp³-hybridized carbons (Fsp3) is 0.846. The van der Waals surface area contributed by atoms with Crippen LogP contribution in [0.1, 0.15) is 41.5 Å². The van der Waals surface area contributed by atoms with Crippen LogP contribution < -0.4 is 5.32 Å². The summed E-state index contributed by atoms with van der Waals surface area (Å²) in [5.74, 6) is 0. The van der Waals surface area contributed by atoms with E-state index in [4.69, 9.17) is 9.47 Å². The third-order valence-corrected chi connectivity index (χ3v) is 2.05. The van der Waals surface area contributed by atoms with Crippen molar-refractivity contribution in [2.24, 2.45) is 0 Å². The van der Waals surface area contributed by atoms with Crippen LogP contribution in [0.2, 0.25) is 0 Å². The second-order valence-electron chi connectivity index (χ2n) is 6.07. The summed E-state index contributed by atoms with van der Waals surface area (Å²) in [6.07, 6.45) is -0.920. The van der Waals surface area contributed by atoms with Crippen LogP contribution in [0, 0.1) is 0 Å². The summed E-state index contributed by atoms with van der Waals surface area (Å²) in [6, 6.07) is 0. The van der Waals surface area contributed by atoms with Gasteiger partial charge in [-0.25, -0.2) is 9.59 Å². The Morgan fingerprint density at radius 3 is 2.11 bits per heavy atom. The Kier molecular flexibility index (Phi) is 6.12. The molecular formula is C13H26N2O4. The number of nitrogens with one attached hydrogen (secondary N) is 1. The molecule has 0 fully saturated rings. The highest BCUT2D eigenvalue weighted by Gasteiger charge is 2.27. The molecule has 1 N–H and O–H groups in total. The highest BCUT2D eigenvalue weighted by Crippen LogP contribution is 2.10. The molecule has 0 saturated heterocycles. The van der Waals surface area contributed by atoms with E-state index in [1.54, 1.807) is 34.7 Å². The van der Waals surface area contributed by atoms with Crippen molar-refractivity contribution in [2.75, 3.05) is 20.2 Å². The summed E-state index contributed by atoms with van der Waals surface area (Å²) < 4.78 is 10.1. The van der Waals surface area contributed by atoms with Gasteiger partial charge >= 0.3 is 12.2 Å². The van der Waals surface area contributed by atoms with Crippen LogP contribution in [-0.4, -0.2) is 48.4 Å². The normalized spacial score (nSPS) is 11.7. The van der Waals surface area contributed by atoms with Gasteiger partial charge in [-0.2, -0.15) is 0 Å². The Bertz CT molecular complexity index is 321. The Morgan fingerprint density at radius 1 is 1.16 bits per heavy atom. The molecule has 0 aliphatic rings. The molecule has 0 radical (unpaired) electrons. The largest absolute Gasteiger partial charge is 0.450 e. The third-order valence-electron chi connectivity index (χ3n) is 2.05. The molecule has 2 amide bonds. The first-order valence-corrected chi connectivity index (χ1v) is 6.36. The van der Waals surface area contributed by atoms with Crippen molar-refractivity contribution in [3.63, 3.8) is 0 Å². The Balaban J connectivity index is 4.39. The maximum Gasteiger partial charge on any atom is 0.409 e. The van der Waals surface area contributed by atoms with Crippen molar-refractivity contribution >= 4 is 12.2 Å². The van der Waals surface area contributed by atoms with Gasteiger partial charge in [0, 0.05) is 13.6 Å². The minimum Gasteiger partial charge on any atom is -0.450 e. The summed E-state index contributed by atoms with van der Waals surface area (Å²) >= 11 is 0. The van der Waals surface area contributed by atoms with Crippen molar-refractivity contribution in [1.29, 1.82) is 0 Å². The molecule has 6 heteroatoms. The molecule has 0 aliphatic carbocycles. The lowest BCUT2D eigenvalue weighted by molar-refractivity contribution is 0.0444. The molecule has 0 unspecified atom stereocenters. The molecule has 0 atom stereocenters. The molecule has 0 spiro atoms. The number of rotatable bonds is 4. The average molecular weight is 274 g/mol. The van der Waals surface area contributed by atoms with E-state index in [1.807, 2.05) is 13.8 Å². The first kappa shape index (κ1) is 17.5. The van der Waals surface area contributed by atoms with Crippen molar-refractivity contribution in [3.8, 4) is 0 Å². The van der Waals surface area contributed by atoms with Crippen molar-refractivity contribution in [1.82, 2.24) is 10.2 Å². The fourth-order valence-electron chi connectivity index (χ4n) is 1.51. The number of hydrogen-bond acceptors (Lipinski definition) is 4. The lowest BCUT2D eigenvalue weighted by atomic mass is 10.1. The first-order valence-electron chi connectivity index (χ1n) is 6.36. The standard InChI is InChI=1S/C13H26N2O4/c1-8-18-11(17)15(7)9-13(5,6)14-10(16)19-12(2,3)4/h8-9H2,1-7H3,(H,14,16). The molecule has 0 rings (SSSR count). The molecule has 19 heavy (non-hydrogen) atoms. The van der Waals surface area contributed by atoms with Crippen LogP contribution >= 0.6 is 0 Å². The zero-order valence-electron chi connectivity index (χ0n) is 13.0. The van der Waals surface area contributed by atoms with E-state index in [1.165, 1.54) is 4.90 Å². The number of likely N-dealkylation sites (N-methyl/N-ethyl adjacent to an activating group) is 1. The lowest BCUT2D eigenvalue weighted by Gasteiger charge is -2.31. The summed E-state index contributed by atoms with van der Waals surface area (Å²) in [4.78, 5) is 24.6. The summed E-state index contributed by atoms with van der Waals surface area (Å²) in [6.45, 7) is 11.4. The topological polar surface area (TPSA) is 67.9 Å². The summed E-state index contributed by atoms with van der Waals surface area (Å²) in [7, 11) is 1.62. The van der Waals surface area contributed by atoms with Gasteiger partial charge in [0.05, 0.1) is 12.1 Å². The van der Waals surface area contributed by atoms with E-state index in [-0.39, 0.29) is 0 Å². The summed E-state index contributed by atoms with van der Waals surface area (Å²) in [5.41, 5.74) is -1.16. The molecule has 0 aliphatic heterocycles. The molecule has 0 aromatic rings. The Hall–Kier alpha value is -1.46. The zero-order chi connectivity index (χ0) is 15.3. The first-order chi connectivity index (χ1) is 8.47. The van der Waals surface area contributed by atoms with E-state index in [0.717, 1.165) is 0 Å². The number of nitrogens with zero attached hydrogens (tertiary/aromatic N) is 1. The van der Waals surface area contributed by atoms with E-state index in [0.29, 0.717) is 13.2 Å². The third kappa shape index (κ3) is 8.29. The predicted molar refractivity (Wildman–Crippen MR) is 73.1 cm³/mol. The lowest BCUT2D eigenvalue weighted by Crippen LogP contribution is -2.53. The maximum atomic E-state index is 11.7. The molecule has 6 nitrogen and oxygen atoms in total. The van der Waals surface area contributed by atoms with Crippen molar-refractivity contribution in [3.05, 3.63) is 0 Å². The van der Waals surface area contributed by atoms with Crippen LogP contribution in [-0.2, 0) is 9.47 Å². The fourth-order valence-corrected chi connectivity index (χ4v) is 1.51. The van der Waals surface area contributed by atoms with Gasteiger partial charge < -0.3 is 19.7 Å². The number of alkyl carbamates (subject to hydrolysis) is 1. The van der Waals surface area contributed by atoms with Gasteiger partial charge in [0.25, 0.3) is 0 Å². The molecule has 0 bridgehead atoms. The van der Waals surface area contributed by atoms with Gasteiger partial charge in [-0.15, -0.1) is 0 Å². The summed E-state index contributed by atoms with van der Waals surface area (Å²) in [5, 5.41) is 2.73. The molecule has 0 aromatic carbocycles. The number of ether oxygens (including phenoxy) is 2. The monoisotopic (exact) mass is 274 g/mol. The molecule has 112 valence electrons. The van der Waals surface area contributed by atoms with Crippen LogP contribution in [0.3, 0.4) is 0 Å². The van der Waals surface area contributed by atoms with E-state index in [9.17, 15) is 9.59 Å². The van der Waals surface area contributed by atoms with Crippen LogP contribution in [0.4, 0.5) is 9.59 Å². The average Bonchev–Trinajstić information content (AvgIpc) is 2.12. The number of carbonyl (C=O) groups is 2. The zero-order valence-corrected chi connectivity index (χ0v) is 13.0. The van der Waals surface area contributed by atoms with Gasteiger partial charge in [-0.3, -0.25) is 0 Å². The second kappa shape index (κ2) is 6.63. The van der Waals surface area contributed by atoms with E-state index in [2.05, 4.69) is 5.32 Å². The minimum atomic E-state index is -0.607. The number of amides is 2. The van der Waals surface area contributed by atoms with Crippen LogP contribution in [0.15, 0.2) is 0 Å². The Morgan fingerprint density at radius 2 is 1.68 bits per heavy atom. The maximum absolute atomic E-state index is 11.7. The number of hydrogen-bond donors (Lipinski definition) is 1. The van der Waals surface area contributed by atoms with E-state index < -0.39 is 23.3 Å². The van der Waals surface area contributed by atoms with Crippen LogP contribution in [0.25, 0.3) is 0 Å². The molecule has 0 heterocycles. The minimum absolute atomic E-state index is 0.323. The van der Waals surface area contributed by atoms with Gasteiger partial charge in [-0.05, 0) is 41.5 Å². The second-order valence-corrected chi connectivity index (χ2v) is 6.07. The molecule has 0 saturated carbocycles. The van der Waals surface area contributed by atoms with Gasteiger partial charge in [0.1, 0.15) is 5.60 Å². The van der Waals surface area contributed by atoms with Crippen LogP contribution in [0.5, 0.6) is 0 Å². The molecular weight excluding hydrogens is 248 g/mol.